The molecule has 0 radical (unpaired) electrons. The Morgan fingerprint density at radius 2 is 1.94 bits per heavy atom. The average molecular weight is 282 g/mol. The van der Waals surface area contributed by atoms with Crippen LogP contribution in [0.1, 0.15) is 23.0 Å². The fraction of sp³-hybridized carbons (Fsp3) is 0.167. The van der Waals surface area contributed by atoms with Crippen LogP contribution < -0.4 is 0 Å². The van der Waals surface area contributed by atoms with E-state index in [4.69, 9.17) is 23.2 Å². The predicted octanol–water partition coefficient (Wildman–Crippen LogP) is 3.36. The smallest absolute Gasteiger partial charge is 0.179 e. The van der Waals surface area contributed by atoms with Crippen molar-refractivity contribution in [2.45, 2.75) is 13.8 Å². The molecular formula is C12H9Cl2N3O. The molecular weight excluding hydrogens is 273 g/mol. The van der Waals surface area contributed by atoms with Crippen LogP contribution >= 0.6 is 23.2 Å². The maximum Gasteiger partial charge on any atom is 0.179 e. The molecule has 0 unspecified atom stereocenters. The van der Waals surface area contributed by atoms with E-state index in [9.17, 15) is 4.79 Å². The summed E-state index contributed by atoms with van der Waals surface area (Å²) < 4.78 is 0. The van der Waals surface area contributed by atoms with E-state index in [1.54, 1.807) is 13.0 Å². The SMILES string of the molecule is CC(=O)c1cnc(-c2ncc(Cl)cc2Cl)nc1C. The minimum Gasteiger partial charge on any atom is -0.294 e. The van der Waals surface area contributed by atoms with Gasteiger partial charge in [-0.25, -0.2) is 15.0 Å². The summed E-state index contributed by atoms with van der Waals surface area (Å²) >= 11 is 11.8. The maximum atomic E-state index is 11.3. The van der Waals surface area contributed by atoms with Crippen LogP contribution in [0.15, 0.2) is 18.5 Å². The lowest BCUT2D eigenvalue weighted by Gasteiger charge is -2.05. The van der Waals surface area contributed by atoms with Crippen LogP contribution in [-0.4, -0.2) is 20.7 Å². The zero-order valence-electron chi connectivity index (χ0n) is 9.74. The van der Waals surface area contributed by atoms with E-state index in [0.717, 1.165) is 0 Å². The second kappa shape index (κ2) is 5.00. The Hall–Kier alpha value is -1.52. The number of Topliss-reactive ketones (excluding diaryl/α,β-unsaturated/α-hetero) is 1. The van der Waals surface area contributed by atoms with Gasteiger partial charge in [-0.2, -0.15) is 0 Å². The molecule has 2 aromatic rings. The van der Waals surface area contributed by atoms with E-state index < -0.39 is 0 Å². The number of ketones is 1. The first-order valence-corrected chi connectivity index (χ1v) is 5.90. The van der Waals surface area contributed by atoms with Crippen LogP contribution in [0.5, 0.6) is 0 Å². The molecule has 0 fully saturated rings. The maximum absolute atomic E-state index is 11.3. The first kappa shape index (κ1) is 12.9. The fourth-order valence-corrected chi connectivity index (χ4v) is 1.97. The molecule has 6 heteroatoms. The van der Waals surface area contributed by atoms with Crippen molar-refractivity contribution < 1.29 is 4.79 Å². The van der Waals surface area contributed by atoms with Crippen molar-refractivity contribution in [3.8, 4) is 11.5 Å². The minimum absolute atomic E-state index is 0.0748. The predicted molar refractivity (Wildman–Crippen MR) is 70.0 cm³/mol. The second-order valence-corrected chi connectivity index (χ2v) is 4.58. The molecule has 0 aromatic carbocycles. The van der Waals surface area contributed by atoms with Gasteiger partial charge in [-0.3, -0.25) is 4.79 Å². The third-order valence-corrected chi connectivity index (χ3v) is 2.87. The van der Waals surface area contributed by atoms with E-state index in [-0.39, 0.29) is 5.78 Å². The van der Waals surface area contributed by atoms with Crippen molar-refractivity contribution in [2.24, 2.45) is 0 Å². The van der Waals surface area contributed by atoms with Gasteiger partial charge in [-0.15, -0.1) is 0 Å². The topological polar surface area (TPSA) is 55.7 Å². The van der Waals surface area contributed by atoms with E-state index >= 15 is 0 Å². The highest BCUT2D eigenvalue weighted by Crippen LogP contribution is 2.25. The highest BCUT2D eigenvalue weighted by atomic mass is 35.5. The molecule has 2 rings (SSSR count). The summed E-state index contributed by atoms with van der Waals surface area (Å²) in [5, 5.41) is 0.818. The van der Waals surface area contributed by atoms with Gasteiger partial charge in [0.2, 0.25) is 0 Å². The molecule has 0 saturated heterocycles. The van der Waals surface area contributed by atoms with Crippen LogP contribution in [0.3, 0.4) is 0 Å². The Morgan fingerprint density at radius 3 is 2.50 bits per heavy atom. The van der Waals surface area contributed by atoms with E-state index in [2.05, 4.69) is 15.0 Å². The van der Waals surface area contributed by atoms with Gasteiger partial charge >= 0.3 is 0 Å². The molecule has 92 valence electrons. The van der Waals surface area contributed by atoms with Crippen LogP contribution in [0.2, 0.25) is 10.0 Å². The molecule has 0 spiro atoms. The molecule has 0 atom stereocenters. The first-order chi connectivity index (χ1) is 8.49. The van der Waals surface area contributed by atoms with Gasteiger partial charge in [0.05, 0.1) is 21.3 Å². The molecule has 0 amide bonds. The first-order valence-electron chi connectivity index (χ1n) is 5.15. The number of carbonyl (C=O) groups excluding carboxylic acids is 1. The van der Waals surface area contributed by atoms with Gasteiger partial charge in [-0.05, 0) is 19.9 Å². The molecule has 4 nitrogen and oxygen atoms in total. The normalized spacial score (nSPS) is 10.4. The summed E-state index contributed by atoms with van der Waals surface area (Å²) in [5.74, 6) is 0.299. The molecule has 0 N–H and O–H groups in total. The number of carbonyl (C=O) groups is 1. The molecule has 0 aliphatic carbocycles. The zero-order chi connectivity index (χ0) is 13.3. The largest absolute Gasteiger partial charge is 0.294 e. The van der Waals surface area contributed by atoms with Gasteiger partial charge in [-0.1, -0.05) is 23.2 Å². The minimum atomic E-state index is -0.0748. The second-order valence-electron chi connectivity index (χ2n) is 3.73. The lowest BCUT2D eigenvalue weighted by Crippen LogP contribution is -2.03. The number of nitrogens with zero attached hydrogens (tertiary/aromatic N) is 3. The quantitative estimate of drug-likeness (QED) is 0.792. The van der Waals surface area contributed by atoms with E-state index in [0.29, 0.717) is 32.8 Å². The van der Waals surface area contributed by atoms with Gasteiger partial charge in [0.1, 0.15) is 5.69 Å². The molecule has 18 heavy (non-hydrogen) atoms. The third kappa shape index (κ3) is 2.49. The summed E-state index contributed by atoms with van der Waals surface area (Å²) in [6, 6.07) is 1.57. The van der Waals surface area contributed by atoms with Gasteiger partial charge in [0, 0.05) is 12.4 Å². The molecule has 0 saturated carbocycles. The van der Waals surface area contributed by atoms with Crippen LogP contribution in [0.25, 0.3) is 11.5 Å². The van der Waals surface area contributed by atoms with Crippen molar-refractivity contribution in [1.29, 1.82) is 0 Å². The van der Waals surface area contributed by atoms with Gasteiger partial charge in [0.15, 0.2) is 11.6 Å². The lowest BCUT2D eigenvalue weighted by atomic mass is 10.2. The summed E-state index contributed by atoms with van der Waals surface area (Å²) in [6.45, 7) is 3.21. The standard InChI is InChI=1S/C12H9Cl2N3O/c1-6-9(7(2)18)5-16-12(17-6)11-10(14)3-8(13)4-15-11/h3-5H,1-2H3. The number of pyridine rings is 1. The summed E-state index contributed by atoms with van der Waals surface area (Å²) in [7, 11) is 0. The van der Waals surface area contributed by atoms with Crippen LogP contribution in [0, 0.1) is 6.92 Å². The summed E-state index contributed by atoms with van der Waals surface area (Å²) in [4.78, 5) is 23.7. The Bertz CT molecular complexity index is 629. The van der Waals surface area contributed by atoms with E-state index in [1.807, 2.05) is 0 Å². The Balaban J connectivity index is 2.52. The number of hydrogen-bond acceptors (Lipinski definition) is 4. The highest BCUT2D eigenvalue weighted by molar-refractivity contribution is 6.35. The number of halogens is 2. The van der Waals surface area contributed by atoms with Crippen molar-refractivity contribution in [3.05, 3.63) is 39.8 Å². The molecule has 0 aliphatic rings. The zero-order valence-corrected chi connectivity index (χ0v) is 11.2. The monoisotopic (exact) mass is 281 g/mol. The summed E-state index contributed by atoms with van der Waals surface area (Å²) in [5.41, 5.74) is 1.53. The van der Waals surface area contributed by atoms with Crippen LogP contribution in [-0.2, 0) is 0 Å². The van der Waals surface area contributed by atoms with Crippen molar-refractivity contribution in [2.75, 3.05) is 0 Å². The van der Waals surface area contributed by atoms with Gasteiger partial charge < -0.3 is 0 Å². The third-order valence-electron chi connectivity index (χ3n) is 2.38. The number of hydrogen-bond donors (Lipinski definition) is 0. The molecule has 0 bridgehead atoms. The number of aryl methyl sites for hydroxylation is 1. The number of rotatable bonds is 2. The fourth-order valence-electron chi connectivity index (χ4n) is 1.51. The number of aromatic nitrogens is 3. The summed E-state index contributed by atoms with van der Waals surface area (Å²) in [6.07, 6.45) is 2.95. The van der Waals surface area contributed by atoms with E-state index in [1.165, 1.54) is 19.3 Å². The van der Waals surface area contributed by atoms with Gasteiger partial charge in [0.25, 0.3) is 0 Å². The average Bonchev–Trinajstić information content (AvgIpc) is 2.28. The highest BCUT2D eigenvalue weighted by Gasteiger charge is 2.12. The molecule has 2 aromatic heterocycles. The van der Waals surface area contributed by atoms with Crippen molar-refractivity contribution >= 4 is 29.0 Å². The Morgan fingerprint density at radius 1 is 1.22 bits per heavy atom. The van der Waals surface area contributed by atoms with Crippen molar-refractivity contribution in [1.82, 2.24) is 15.0 Å². The molecule has 0 aliphatic heterocycles. The molecule has 2 heterocycles. The Kier molecular flexibility index (Phi) is 3.59. The Labute approximate surface area is 114 Å². The van der Waals surface area contributed by atoms with Crippen LogP contribution in [0.4, 0.5) is 0 Å². The lowest BCUT2D eigenvalue weighted by molar-refractivity contribution is 0.101. The van der Waals surface area contributed by atoms with Crippen molar-refractivity contribution in [3.63, 3.8) is 0 Å².